The van der Waals surface area contributed by atoms with E-state index < -0.39 is 0 Å². The van der Waals surface area contributed by atoms with Crippen LogP contribution in [0.15, 0.2) is 6.20 Å². The maximum absolute atomic E-state index is 10.7. The van der Waals surface area contributed by atoms with Crippen molar-refractivity contribution in [1.82, 2.24) is 15.1 Å². The molecule has 15 heavy (non-hydrogen) atoms. The zero-order valence-corrected chi connectivity index (χ0v) is 9.45. The van der Waals surface area contributed by atoms with E-state index in [4.69, 9.17) is 5.73 Å². The fraction of sp³-hybridized carbons (Fsp3) is 0.600. The Bertz CT molecular complexity index is 345. The van der Waals surface area contributed by atoms with E-state index in [0.29, 0.717) is 13.0 Å². The van der Waals surface area contributed by atoms with Crippen LogP contribution in [0.2, 0.25) is 0 Å². The molecule has 5 nitrogen and oxygen atoms in total. The van der Waals surface area contributed by atoms with Gasteiger partial charge in [-0.1, -0.05) is 0 Å². The molecule has 1 unspecified atom stereocenters. The summed E-state index contributed by atoms with van der Waals surface area (Å²) in [5, 5.41) is 7.47. The lowest BCUT2D eigenvalue weighted by Crippen LogP contribution is -2.30. The lowest BCUT2D eigenvalue weighted by molar-refractivity contribution is -0.118. The number of nitrogens with one attached hydrogen (secondary N) is 1. The number of nitrogens with two attached hydrogens (primary N) is 1. The molecule has 1 aromatic heterocycles. The fourth-order valence-electron chi connectivity index (χ4n) is 1.48. The molecule has 1 rings (SSSR count). The number of aryl methyl sites for hydroxylation is 2. The largest absolute Gasteiger partial charge is 0.370 e. The monoisotopic (exact) mass is 210 g/mol. The van der Waals surface area contributed by atoms with Crippen molar-refractivity contribution in [2.45, 2.75) is 32.9 Å². The molecule has 1 heterocycles. The van der Waals surface area contributed by atoms with E-state index in [9.17, 15) is 4.79 Å². The summed E-state index contributed by atoms with van der Waals surface area (Å²) in [5.41, 5.74) is 7.26. The Kier molecular flexibility index (Phi) is 3.85. The van der Waals surface area contributed by atoms with Crippen LogP contribution in [0.1, 0.15) is 24.6 Å². The normalized spacial score (nSPS) is 12.7. The van der Waals surface area contributed by atoms with Gasteiger partial charge in [0.05, 0.1) is 5.69 Å². The van der Waals surface area contributed by atoms with Crippen LogP contribution in [0, 0.1) is 6.92 Å². The average Bonchev–Trinajstić information content (AvgIpc) is 2.40. The molecule has 84 valence electrons. The van der Waals surface area contributed by atoms with Gasteiger partial charge < -0.3 is 11.1 Å². The minimum atomic E-state index is -0.280. The SMILES string of the molecule is Cc1nn(C)cc1CNC(C)CC(N)=O. The summed E-state index contributed by atoms with van der Waals surface area (Å²) in [6, 6.07) is 0.0992. The molecule has 0 radical (unpaired) electrons. The number of primary amides is 1. The Balaban J connectivity index is 2.43. The molecule has 1 atom stereocenters. The van der Waals surface area contributed by atoms with E-state index in [-0.39, 0.29) is 11.9 Å². The predicted molar refractivity (Wildman–Crippen MR) is 58.1 cm³/mol. The van der Waals surface area contributed by atoms with Crippen molar-refractivity contribution in [3.63, 3.8) is 0 Å². The van der Waals surface area contributed by atoms with Gasteiger partial charge in [-0.05, 0) is 13.8 Å². The summed E-state index contributed by atoms with van der Waals surface area (Å²) in [5.74, 6) is -0.280. The first-order valence-corrected chi connectivity index (χ1v) is 5.00. The van der Waals surface area contributed by atoms with E-state index in [1.54, 1.807) is 4.68 Å². The van der Waals surface area contributed by atoms with Crippen LogP contribution in [0.4, 0.5) is 0 Å². The Morgan fingerprint density at radius 1 is 1.73 bits per heavy atom. The fourth-order valence-corrected chi connectivity index (χ4v) is 1.48. The summed E-state index contributed by atoms with van der Waals surface area (Å²) in [6.45, 7) is 4.63. The molecular formula is C10H18N4O. The summed E-state index contributed by atoms with van der Waals surface area (Å²) < 4.78 is 1.78. The van der Waals surface area contributed by atoms with Crippen LogP contribution in [0.3, 0.4) is 0 Å². The third kappa shape index (κ3) is 3.71. The average molecular weight is 210 g/mol. The van der Waals surface area contributed by atoms with Gasteiger partial charge in [0.25, 0.3) is 0 Å². The van der Waals surface area contributed by atoms with Crippen molar-refractivity contribution < 1.29 is 4.79 Å². The molecule has 0 bridgehead atoms. The van der Waals surface area contributed by atoms with Crippen molar-refractivity contribution in [1.29, 1.82) is 0 Å². The Morgan fingerprint density at radius 2 is 2.40 bits per heavy atom. The van der Waals surface area contributed by atoms with Crippen LogP contribution in [-0.4, -0.2) is 21.7 Å². The highest BCUT2D eigenvalue weighted by Gasteiger charge is 2.07. The van der Waals surface area contributed by atoms with Gasteiger partial charge in [-0.25, -0.2) is 0 Å². The van der Waals surface area contributed by atoms with Gasteiger partial charge in [-0.2, -0.15) is 5.10 Å². The van der Waals surface area contributed by atoms with E-state index >= 15 is 0 Å². The van der Waals surface area contributed by atoms with Crippen LogP contribution in [-0.2, 0) is 18.4 Å². The number of aromatic nitrogens is 2. The molecule has 0 aliphatic rings. The van der Waals surface area contributed by atoms with E-state index in [1.807, 2.05) is 27.1 Å². The Morgan fingerprint density at radius 3 is 2.87 bits per heavy atom. The second-order valence-electron chi connectivity index (χ2n) is 3.87. The minimum absolute atomic E-state index is 0.0992. The van der Waals surface area contributed by atoms with Gasteiger partial charge in [0.1, 0.15) is 0 Å². The number of carbonyl (C=O) groups excluding carboxylic acids is 1. The summed E-state index contributed by atoms with van der Waals surface area (Å²) in [4.78, 5) is 10.7. The summed E-state index contributed by atoms with van der Waals surface area (Å²) in [7, 11) is 1.89. The number of nitrogens with zero attached hydrogens (tertiary/aromatic N) is 2. The lowest BCUT2D eigenvalue weighted by Gasteiger charge is -2.10. The van der Waals surface area contributed by atoms with Crippen LogP contribution < -0.4 is 11.1 Å². The van der Waals surface area contributed by atoms with Crippen molar-refractivity contribution in [3.05, 3.63) is 17.5 Å². The van der Waals surface area contributed by atoms with Crippen molar-refractivity contribution in [2.24, 2.45) is 12.8 Å². The van der Waals surface area contributed by atoms with Gasteiger partial charge in [0, 0.05) is 37.8 Å². The van der Waals surface area contributed by atoms with Crippen molar-refractivity contribution in [2.75, 3.05) is 0 Å². The number of hydrogen-bond acceptors (Lipinski definition) is 3. The molecule has 0 aliphatic carbocycles. The molecule has 0 fully saturated rings. The molecule has 0 aromatic carbocycles. The summed E-state index contributed by atoms with van der Waals surface area (Å²) >= 11 is 0. The first kappa shape index (κ1) is 11.7. The highest BCUT2D eigenvalue weighted by atomic mass is 16.1. The highest BCUT2D eigenvalue weighted by molar-refractivity contribution is 5.74. The van der Waals surface area contributed by atoms with E-state index in [0.717, 1.165) is 11.3 Å². The quantitative estimate of drug-likeness (QED) is 0.723. The third-order valence-electron chi connectivity index (χ3n) is 2.26. The molecule has 1 aromatic rings. The maximum Gasteiger partial charge on any atom is 0.218 e. The van der Waals surface area contributed by atoms with Gasteiger partial charge >= 0.3 is 0 Å². The number of carbonyl (C=O) groups is 1. The Labute approximate surface area is 89.6 Å². The van der Waals surface area contributed by atoms with Gasteiger partial charge in [0.15, 0.2) is 0 Å². The van der Waals surface area contributed by atoms with Gasteiger partial charge in [-0.15, -0.1) is 0 Å². The molecule has 0 saturated carbocycles. The molecule has 5 heteroatoms. The van der Waals surface area contributed by atoms with Crippen LogP contribution in [0.25, 0.3) is 0 Å². The second-order valence-corrected chi connectivity index (χ2v) is 3.87. The lowest BCUT2D eigenvalue weighted by atomic mass is 10.2. The zero-order valence-electron chi connectivity index (χ0n) is 9.45. The van der Waals surface area contributed by atoms with Crippen molar-refractivity contribution >= 4 is 5.91 Å². The highest BCUT2D eigenvalue weighted by Crippen LogP contribution is 2.04. The first-order valence-electron chi connectivity index (χ1n) is 5.00. The number of hydrogen-bond donors (Lipinski definition) is 2. The second kappa shape index (κ2) is 4.93. The Hall–Kier alpha value is -1.36. The molecule has 0 aliphatic heterocycles. The molecule has 3 N–H and O–H groups in total. The molecule has 1 amide bonds. The topological polar surface area (TPSA) is 72.9 Å². The van der Waals surface area contributed by atoms with Crippen LogP contribution in [0.5, 0.6) is 0 Å². The van der Waals surface area contributed by atoms with E-state index in [1.165, 1.54) is 0 Å². The van der Waals surface area contributed by atoms with E-state index in [2.05, 4.69) is 10.4 Å². The van der Waals surface area contributed by atoms with Crippen LogP contribution >= 0.6 is 0 Å². The van der Waals surface area contributed by atoms with Gasteiger partial charge in [-0.3, -0.25) is 9.48 Å². The third-order valence-corrected chi connectivity index (χ3v) is 2.26. The van der Waals surface area contributed by atoms with Crippen molar-refractivity contribution in [3.8, 4) is 0 Å². The molecular weight excluding hydrogens is 192 g/mol. The minimum Gasteiger partial charge on any atom is -0.370 e. The first-order chi connectivity index (χ1) is 6.99. The number of amides is 1. The zero-order chi connectivity index (χ0) is 11.4. The predicted octanol–water partition coefficient (Wildman–Crippen LogP) is 0.0820. The molecule has 0 spiro atoms. The number of rotatable bonds is 5. The molecule has 0 saturated heterocycles. The maximum atomic E-state index is 10.7. The summed E-state index contributed by atoms with van der Waals surface area (Å²) in [6.07, 6.45) is 2.33. The van der Waals surface area contributed by atoms with Gasteiger partial charge in [0.2, 0.25) is 5.91 Å². The smallest absolute Gasteiger partial charge is 0.218 e. The standard InChI is InChI=1S/C10H18N4O/c1-7(4-10(11)15)12-5-9-6-14(3)13-8(9)2/h6-7,12H,4-5H2,1-3H3,(H2,11,15).